The summed E-state index contributed by atoms with van der Waals surface area (Å²) in [7, 11) is 0. The van der Waals surface area contributed by atoms with Crippen LogP contribution in [-0.2, 0) is 0 Å². The summed E-state index contributed by atoms with van der Waals surface area (Å²) in [5.74, 6) is 6.25. The fourth-order valence-corrected chi connectivity index (χ4v) is 1.77. The molecule has 0 amide bonds. The van der Waals surface area contributed by atoms with E-state index in [1.807, 2.05) is 36.4 Å². The van der Waals surface area contributed by atoms with E-state index in [1.165, 1.54) is 25.7 Å². The molecule has 1 rings (SSSR count). The minimum atomic E-state index is 0.994. The Balaban J connectivity index is 2.31. The van der Waals surface area contributed by atoms with E-state index in [0.29, 0.717) is 0 Å². The SMILES string of the molecule is CCCCCCC#C/C=C\c1ccccc1S. The third kappa shape index (κ3) is 6.24. The van der Waals surface area contributed by atoms with Gasteiger partial charge in [0.2, 0.25) is 0 Å². The summed E-state index contributed by atoms with van der Waals surface area (Å²) >= 11 is 4.38. The predicted octanol–water partition coefficient (Wildman–Crippen LogP) is 4.96. The lowest BCUT2D eigenvalue weighted by molar-refractivity contribution is 0.680. The number of benzene rings is 1. The van der Waals surface area contributed by atoms with Crippen LogP contribution in [0.5, 0.6) is 0 Å². The Morgan fingerprint density at radius 3 is 2.76 bits per heavy atom. The second kappa shape index (κ2) is 8.96. The van der Waals surface area contributed by atoms with Crippen LogP contribution in [0.4, 0.5) is 0 Å². The topological polar surface area (TPSA) is 0 Å². The highest BCUT2D eigenvalue weighted by Crippen LogP contribution is 2.13. The number of hydrogen-bond acceptors (Lipinski definition) is 1. The zero-order valence-corrected chi connectivity index (χ0v) is 11.3. The molecule has 0 aliphatic rings. The Labute approximate surface area is 111 Å². The molecule has 0 saturated heterocycles. The molecule has 0 N–H and O–H groups in total. The Kier molecular flexibility index (Phi) is 7.34. The van der Waals surface area contributed by atoms with Crippen molar-refractivity contribution in [2.45, 2.75) is 43.9 Å². The molecule has 0 nitrogen and oxygen atoms in total. The van der Waals surface area contributed by atoms with Crippen LogP contribution in [0.1, 0.15) is 44.6 Å². The monoisotopic (exact) mass is 244 g/mol. The van der Waals surface area contributed by atoms with Gasteiger partial charge in [-0.2, -0.15) is 0 Å². The van der Waals surface area contributed by atoms with Crippen molar-refractivity contribution in [3.63, 3.8) is 0 Å². The molecule has 0 saturated carbocycles. The summed E-state index contributed by atoms with van der Waals surface area (Å²) in [6.45, 7) is 2.23. The van der Waals surface area contributed by atoms with E-state index in [2.05, 4.69) is 31.4 Å². The molecule has 0 heterocycles. The standard InChI is InChI=1S/C16H20S/c1-2-3-4-5-6-7-8-9-12-15-13-10-11-14-16(15)17/h9-14,17H,2-6H2,1H3/b12-9-. The first-order chi connectivity index (χ1) is 8.34. The lowest BCUT2D eigenvalue weighted by Gasteiger charge is -1.95. The highest BCUT2D eigenvalue weighted by molar-refractivity contribution is 7.80. The van der Waals surface area contributed by atoms with Gasteiger partial charge in [0.15, 0.2) is 0 Å². The first-order valence-electron chi connectivity index (χ1n) is 6.27. The maximum Gasteiger partial charge on any atom is 0.0113 e. The number of thiol groups is 1. The van der Waals surface area contributed by atoms with Gasteiger partial charge in [-0.05, 0) is 30.2 Å². The molecule has 0 aromatic heterocycles. The maximum absolute atomic E-state index is 4.38. The minimum absolute atomic E-state index is 0.994. The fourth-order valence-electron chi connectivity index (χ4n) is 1.53. The molecule has 0 aliphatic carbocycles. The quantitative estimate of drug-likeness (QED) is 0.422. The van der Waals surface area contributed by atoms with E-state index < -0.39 is 0 Å². The van der Waals surface area contributed by atoms with Crippen LogP contribution in [0.3, 0.4) is 0 Å². The molecule has 90 valence electrons. The second-order valence-electron chi connectivity index (χ2n) is 4.02. The van der Waals surface area contributed by atoms with Crippen LogP contribution >= 0.6 is 12.6 Å². The van der Waals surface area contributed by atoms with Crippen molar-refractivity contribution in [3.8, 4) is 11.8 Å². The van der Waals surface area contributed by atoms with Crippen molar-refractivity contribution in [2.24, 2.45) is 0 Å². The predicted molar refractivity (Wildman–Crippen MR) is 79.3 cm³/mol. The Hall–Kier alpha value is -1.13. The molecule has 1 heteroatoms. The van der Waals surface area contributed by atoms with Crippen molar-refractivity contribution in [3.05, 3.63) is 35.9 Å². The van der Waals surface area contributed by atoms with Crippen molar-refractivity contribution >= 4 is 18.7 Å². The molecule has 0 spiro atoms. The van der Waals surface area contributed by atoms with Gasteiger partial charge in [0, 0.05) is 11.3 Å². The molecule has 0 bridgehead atoms. The third-order valence-electron chi connectivity index (χ3n) is 2.54. The van der Waals surface area contributed by atoms with Crippen molar-refractivity contribution < 1.29 is 0 Å². The van der Waals surface area contributed by atoms with E-state index in [4.69, 9.17) is 0 Å². The lowest BCUT2D eigenvalue weighted by atomic mass is 10.1. The van der Waals surface area contributed by atoms with Gasteiger partial charge in [-0.25, -0.2) is 0 Å². The van der Waals surface area contributed by atoms with E-state index in [0.717, 1.165) is 16.9 Å². The molecule has 17 heavy (non-hydrogen) atoms. The van der Waals surface area contributed by atoms with Gasteiger partial charge in [-0.1, -0.05) is 56.2 Å². The molecule has 0 unspecified atom stereocenters. The van der Waals surface area contributed by atoms with E-state index in [-0.39, 0.29) is 0 Å². The number of rotatable bonds is 5. The Bertz CT molecular complexity index is 407. The minimum Gasteiger partial charge on any atom is -0.143 e. The van der Waals surface area contributed by atoms with Gasteiger partial charge >= 0.3 is 0 Å². The van der Waals surface area contributed by atoms with Crippen LogP contribution in [0.15, 0.2) is 35.2 Å². The molecular formula is C16H20S. The Morgan fingerprint density at radius 2 is 2.00 bits per heavy atom. The number of hydrogen-bond donors (Lipinski definition) is 1. The van der Waals surface area contributed by atoms with E-state index >= 15 is 0 Å². The van der Waals surface area contributed by atoms with Crippen LogP contribution < -0.4 is 0 Å². The average molecular weight is 244 g/mol. The van der Waals surface area contributed by atoms with Crippen LogP contribution in [0.2, 0.25) is 0 Å². The summed E-state index contributed by atoms with van der Waals surface area (Å²) in [4.78, 5) is 0.994. The Morgan fingerprint density at radius 1 is 1.18 bits per heavy atom. The molecule has 1 aromatic rings. The summed E-state index contributed by atoms with van der Waals surface area (Å²) < 4.78 is 0. The lowest BCUT2D eigenvalue weighted by Crippen LogP contribution is -1.74. The van der Waals surface area contributed by atoms with Crippen LogP contribution in [0.25, 0.3) is 6.08 Å². The first-order valence-corrected chi connectivity index (χ1v) is 6.72. The molecule has 1 aromatic carbocycles. The normalized spacial score (nSPS) is 10.2. The summed E-state index contributed by atoms with van der Waals surface area (Å²) in [5.41, 5.74) is 1.12. The van der Waals surface area contributed by atoms with Crippen molar-refractivity contribution in [1.82, 2.24) is 0 Å². The van der Waals surface area contributed by atoms with Gasteiger partial charge in [-0.3, -0.25) is 0 Å². The van der Waals surface area contributed by atoms with Crippen LogP contribution in [0, 0.1) is 11.8 Å². The molecule has 0 fully saturated rings. The average Bonchev–Trinajstić information content (AvgIpc) is 2.35. The smallest absolute Gasteiger partial charge is 0.0113 e. The number of unbranched alkanes of at least 4 members (excludes halogenated alkanes) is 4. The van der Waals surface area contributed by atoms with E-state index in [1.54, 1.807) is 0 Å². The first kappa shape index (κ1) is 13.9. The summed E-state index contributed by atoms with van der Waals surface area (Å²) in [6, 6.07) is 8.03. The molecule has 0 aliphatic heterocycles. The van der Waals surface area contributed by atoms with Gasteiger partial charge in [0.1, 0.15) is 0 Å². The highest BCUT2D eigenvalue weighted by atomic mass is 32.1. The third-order valence-corrected chi connectivity index (χ3v) is 2.95. The van der Waals surface area contributed by atoms with Gasteiger partial charge in [-0.15, -0.1) is 12.6 Å². The van der Waals surface area contributed by atoms with Crippen molar-refractivity contribution in [2.75, 3.05) is 0 Å². The second-order valence-corrected chi connectivity index (χ2v) is 4.51. The summed E-state index contributed by atoms with van der Waals surface area (Å²) in [6.07, 6.45) is 10.1. The fraction of sp³-hybridized carbons (Fsp3) is 0.375. The molecule has 0 radical (unpaired) electrons. The van der Waals surface area contributed by atoms with E-state index in [9.17, 15) is 0 Å². The largest absolute Gasteiger partial charge is 0.143 e. The van der Waals surface area contributed by atoms with Gasteiger partial charge < -0.3 is 0 Å². The number of allylic oxidation sites excluding steroid dienone is 1. The zero-order chi connectivity index (χ0) is 12.3. The maximum atomic E-state index is 4.38. The van der Waals surface area contributed by atoms with Gasteiger partial charge in [0.05, 0.1) is 0 Å². The molecular weight excluding hydrogens is 224 g/mol. The van der Waals surface area contributed by atoms with Crippen molar-refractivity contribution in [1.29, 1.82) is 0 Å². The van der Waals surface area contributed by atoms with Crippen LogP contribution in [-0.4, -0.2) is 0 Å². The van der Waals surface area contributed by atoms with Gasteiger partial charge in [0.25, 0.3) is 0 Å². The summed E-state index contributed by atoms with van der Waals surface area (Å²) in [5, 5.41) is 0. The molecule has 0 atom stereocenters. The zero-order valence-electron chi connectivity index (χ0n) is 10.4. The highest BCUT2D eigenvalue weighted by Gasteiger charge is 1.89.